The summed E-state index contributed by atoms with van der Waals surface area (Å²) >= 11 is 0. The van der Waals surface area contributed by atoms with Gasteiger partial charge in [-0.25, -0.2) is 4.98 Å². The molecule has 0 saturated heterocycles. The van der Waals surface area contributed by atoms with Gasteiger partial charge in [-0.15, -0.1) is 0 Å². The molecule has 0 saturated carbocycles. The minimum Gasteiger partial charge on any atom is -0.488 e. The molecule has 1 aromatic heterocycles. The van der Waals surface area contributed by atoms with E-state index in [0.717, 1.165) is 12.2 Å². The molecule has 3 rings (SSSR count). The van der Waals surface area contributed by atoms with E-state index in [-0.39, 0.29) is 12.0 Å². The summed E-state index contributed by atoms with van der Waals surface area (Å²) in [5, 5.41) is 2.81. The second-order valence-corrected chi connectivity index (χ2v) is 4.35. The lowest BCUT2D eigenvalue weighted by Crippen LogP contribution is -2.34. The summed E-state index contributed by atoms with van der Waals surface area (Å²) in [6.45, 7) is 0.462. The van der Waals surface area contributed by atoms with E-state index in [1.807, 2.05) is 24.3 Å². The molecule has 1 atom stereocenters. The number of hydrogen-bond acceptors (Lipinski definition) is 4. The first-order chi connectivity index (χ1) is 9.33. The zero-order valence-electron chi connectivity index (χ0n) is 10.2. The molecule has 5 heteroatoms. The summed E-state index contributed by atoms with van der Waals surface area (Å²) in [6.07, 6.45) is 5.28. The molecule has 0 aliphatic carbocycles. The highest BCUT2D eigenvalue weighted by molar-refractivity contribution is 5.91. The van der Waals surface area contributed by atoms with Gasteiger partial charge in [-0.2, -0.15) is 0 Å². The van der Waals surface area contributed by atoms with E-state index in [9.17, 15) is 4.79 Å². The van der Waals surface area contributed by atoms with Gasteiger partial charge in [0.05, 0.1) is 12.7 Å². The molecule has 1 aliphatic rings. The SMILES string of the molecule is O=C(NC[C@H]1Cc2ccccc2O1)c1cnccn1. The smallest absolute Gasteiger partial charge is 0.271 e. The summed E-state index contributed by atoms with van der Waals surface area (Å²) in [5.74, 6) is 0.675. The third kappa shape index (κ3) is 2.54. The number of para-hydroxylation sites is 1. The molecule has 1 amide bonds. The van der Waals surface area contributed by atoms with E-state index in [2.05, 4.69) is 15.3 Å². The molecule has 1 aliphatic heterocycles. The Bertz CT molecular complexity index is 561. The Balaban J connectivity index is 1.56. The third-order valence-corrected chi connectivity index (χ3v) is 3.00. The number of benzene rings is 1. The fourth-order valence-electron chi connectivity index (χ4n) is 2.08. The molecule has 0 unspecified atom stereocenters. The van der Waals surface area contributed by atoms with E-state index in [1.165, 1.54) is 24.2 Å². The van der Waals surface area contributed by atoms with Gasteiger partial charge in [-0.3, -0.25) is 9.78 Å². The molecule has 96 valence electrons. The minimum atomic E-state index is -0.229. The Morgan fingerprint density at radius 1 is 1.37 bits per heavy atom. The molecule has 5 nitrogen and oxygen atoms in total. The van der Waals surface area contributed by atoms with E-state index in [4.69, 9.17) is 4.74 Å². The standard InChI is InChI=1S/C14H13N3O2/c18-14(12-9-15-5-6-16-12)17-8-11-7-10-3-1-2-4-13(10)19-11/h1-6,9,11H,7-8H2,(H,17,18)/t11-/m1/s1. The molecule has 0 spiro atoms. The van der Waals surface area contributed by atoms with E-state index >= 15 is 0 Å². The number of ether oxygens (including phenoxy) is 1. The van der Waals surface area contributed by atoms with Crippen molar-refractivity contribution in [2.45, 2.75) is 12.5 Å². The van der Waals surface area contributed by atoms with Gasteiger partial charge < -0.3 is 10.1 Å². The van der Waals surface area contributed by atoms with Gasteiger partial charge in [0.25, 0.3) is 5.91 Å². The van der Waals surface area contributed by atoms with Gasteiger partial charge in [0, 0.05) is 18.8 Å². The number of nitrogens with one attached hydrogen (secondary N) is 1. The van der Waals surface area contributed by atoms with Crippen molar-refractivity contribution in [3.05, 3.63) is 54.1 Å². The second-order valence-electron chi connectivity index (χ2n) is 4.35. The third-order valence-electron chi connectivity index (χ3n) is 3.00. The lowest BCUT2D eigenvalue weighted by molar-refractivity contribution is 0.0928. The Kier molecular flexibility index (Phi) is 3.10. The summed E-state index contributed by atoms with van der Waals surface area (Å²) < 4.78 is 5.74. The van der Waals surface area contributed by atoms with Gasteiger partial charge in [-0.1, -0.05) is 18.2 Å². The average Bonchev–Trinajstić information content (AvgIpc) is 2.88. The molecule has 0 radical (unpaired) electrons. The maximum atomic E-state index is 11.8. The molecule has 1 aromatic carbocycles. The number of rotatable bonds is 3. The van der Waals surface area contributed by atoms with Crippen LogP contribution in [0, 0.1) is 0 Å². The van der Waals surface area contributed by atoms with Crippen molar-refractivity contribution in [3.8, 4) is 5.75 Å². The fourth-order valence-corrected chi connectivity index (χ4v) is 2.08. The molecular weight excluding hydrogens is 242 g/mol. The van der Waals surface area contributed by atoms with Crippen LogP contribution < -0.4 is 10.1 Å². The number of aromatic nitrogens is 2. The number of carbonyl (C=O) groups is 1. The highest BCUT2D eigenvalue weighted by Gasteiger charge is 2.22. The summed E-state index contributed by atoms with van der Waals surface area (Å²) in [7, 11) is 0. The Morgan fingerprint density at radius 3 is 3.05 bits per heavy atom. The molecular formula is C14H13N3O2. The molecule has 0 fully saturated rings. The van der Waals surface area contributed by atoms with E-state index in [1.54, 1.807) is 0 Å². The Hall–Kier alpha value is -2.43. The van der Waals surface area contributed by atoms with Gasteiger partial charge in [0.2, 0.25) is 0 Å². The van der Waals surface area contributed by atoms with Crippen molar-refractivity contribution < 1.29 is 9.53 Å². The van der Waals surface area contributed by atoms with Crippen LogP contribution in [0.25, 0.3) is 0 Å². The molecule has 2 heterocycles. The zero-order chi connectivity index (χ0) is 13.1. The fraction of sp³-hybridized carbons (Fsp3) is 0.214. The topological polar surface area (TPSA) is 64.1 Å². The van der Waals surface area contributed by atoms with Crippen molar-refractivity contribution in [1.82, 2.24) is 15.3 Å². The number of hydrogen-bond donors (Lipinski definition) is 1. The second kappa shape index (κ2) is 5.06. The van der Waals surface area contributed by atoms with Crippen LogP contribution in [0.1, 0.15) is 16.1 Å². The normalized spacial score (nSPS) is 16.5. The van der Waals surface area contributed by atoms with Crippen molar-refractivity contribution in [2.24, 2.45) is 0 Å². The van der Waals surface area contributed by atoms with Crippen molar-refractivity contribution in [1.29, 1.82) is 0 Å². The first-order valence-corrected chi connectivity index (χ1v) is 6.12. The number of carbonyl (C=O) groups excluding carboxylic acids is 1. The maximum absolute atomic E-state index is 11.8. The molecule has 1 N–H and O–H groups in total. The zero-order valence-corrected chi connectivity index (χ0v) is 10.2. The van der Waals surface area contributed by atoms with Crippen LogP contribution >= 0.6 is 0 Å². The number of fused-ring (bicyclic) bond motifs is 1. The van der Waals surface area contributed by atoms with Gasteiger partial charge in [-0.05, 0) is 11.6 Å². The van der Waals surface area contributed by atoms with E-state index in [0.29, 0.717) is 12.2 Å². The Labute approximate surface area is 110 Å². The highest BCUT2D eigenvalue weighted by Crippen LogP contribution is 2.27. The summed E-state index contributed by atoms with van der Waals surface area (Å²) in [5.41, 5.74) is 1.50. The quantitative estimate of drug-likeness (QED) is 0.895. The van der Waals surface area contributed by atoms with Crippen molar-refractivity contribution in [2.75, 3.05) is 6.54 Å². The maximum Gasteiger partial charge on any atom is 0.271 e. The number of nitrogens with zero attached hydrogens (tertiary/aromatic N) is 2. The van der Waals surface area contributed by atoms with Gasteiger partial charge in [0.1, 0.15) is 17.5 Å². The van der Waals surface area contributed by atoms with Crippen LogP contribution in [0.3, 0.4) is 0 Å². The van der Waals surface area contributed by atoms with Crippen LogP contribution in [0.15, 0.2) is 42.9 Å². The predicted molar refractivity (Wildman–Crippen MR) is 68.9 cm³/mol. The van der Waals surface area contributed by atoms with Crippen molar-refractivity contribution in [3.63, 3.8) is 0 Å². The van der Waals surface area contributed by atoms with Crippen LogP contribution in [0.4, 0.5) is 0 Å². The average molecular weight is 255 g/mol. The number of amides is 1. The lowest BCUT2D eigenvalue weighted by Gasteiger charge is -2.11. The van der Waals surface area contributed by atoms with Crippen LogP contribution in [-0.2, 0) is 6.42 Å². The van der Waals surface area contributed by atoms with Crippen LogP contribution in [0.5, 0.6) is 5.75 Å². The van der Waals surface area contributed by atoms with E-state index < -0.39 is 0 Å². The first-order valence-electron chi connectivity index (χ1n) is 6.12. The monoisotopic (exact) mass is 255 g/mol. The lowest BCUT2D eigenvalue weighted by atomic mass is 10.1. The summed E-state index contributed by atoms with van der Waals surface area (Å²) in [4.78, 5) is 19.6. The highest BCUT2D eigenvalue weighted by atomic mass is 16.5. The predicted octanol–water partition coefficient (Wildman–Crippen LogP) is 1.21. The molecule has 2 aromatic rings. The first kappa shape index (κ1) is 11.6. The largest absolute Gasteiger partial charge is 0.488 e. The Morgan fingerprint density at radius 2 is 2.26 bits per heavy atom. The summed E-state index contributed by atoms with van der Waals surface area (Å²) in [6, 6.07) is 7.92. The van der Waals surface area contributed by atoms with Crippen molar-refractivity contribution >= 4 is 5.91 Å². The van der Waals surface area contributed by atoms with Gasteiger partial charge in [0.15, 0.2) is 0 Å². The van der Waals surface area contributed by atoms with Gasteiger partial charge >= 0.3 is 0 Å². The molecule has 0 bridgehead atoms. The van der Waals surface area contributed by atoms with Crippen LogP contribution in [0.2, 0.25) is 0 Å². The molecule has 19 heavy (non-hydrogen) atoms. The van der Waals surface area contributed by atoms with Crippen LogP contribution in [-0.4, -0.2) is 28.5 Å². The minimum absolute atomic E-state index is 0.0157.